The number of amides is 1. The minimum absolute atomic E-state index is 0.0629. The van der Waals surface area contributed by atoms with Crippen LogP contribution in [0.5, 0.6) is 0 Å². The summed E-state index contributed by atoms with van der Waals surface area (Å²) in [7, 11) is 0.851. The summed E-state index contributed by atoms with van der Waals surface area (Å²) >= 11 is 6.27. The molecule has 0 saturated carbocycles. The van der Waals surface area contributed by atoms with Gasteiger partial charge in [0.25, 0.3) is 11.5 Å². The predicted molar refractivity (Wildman–Crippen MR) is 128 cm³/mol. The van der Waals surface area contributed by atoms with E-state index < -0.39 is 35.0 Å². The van der Waals surface area contributed by atoms with Crippen molar-refractivity contribution in [2.75, 3.05) is 26.8 Å². The van der Waals surface area contributed by atoms with E-state index in [0.717, 1.165) is 12.0 Å². The molecular formula is C26H27ClF3N3O4. The van der Waals surface area contributed by atoms with Gasteiger partial charge in [-0.15, -0.1) is 0 Å². The van der Waals surface area contributed by atoms with E-state index in [4.69, 9.17) is 21.1 Å². The minimum atomic E-state index is -5.04. The van der Waals surface area contributed by atoms with Crippen LogP contribution in [0.15, 0.2) is 48.7 Å². The Morgan fingerprint density at radius 3 is 2.35 bits per heavy atom. The largest absolute Gasteiger partial charge is 0.466 e. The molecule has 2 aromatic rings. The lowest BCUT2D eigenvalue weighted by Gasteiger charge is -2.46. The van der Waals surface area contributed by atoms with Crippen LogP contribution in [0, 0.1) is 16.7 Å². The molecule has 7 nitrogen and oxygen atoms in total. The second-order valence-corrected chi connectivity index (χ2v) is 9.19. The number of hydrogen-bond donors (Lipinski definition) is 0. The Bertz CT molecular complexity index is 1150. The fraction of sp³-hybridized carbons (Fsp3) is 0.462. The average Bonchev–Trinajstić information content (AvgIpc) is 2.86. The van der Waals surface area contributed by atoms with Gasteiger partial charge < -0.3 is 14.4 Å². The van der Waals surface area contributed by atoms with Crippen molar-refractivity contribution in [1.29, 1.82) is 5.26 Å². The van der Waals surface area contributed by atoms with Gasteiger partial charge in [0, 0.05) is 42.9 Å². The Morgan fingerprint density at radius 1 is 1.19 bits per heavy atom. The second-order valence-electron chi connectivity index (χ2n) is 8.83. The molecule has 1 aromatic heterocycles. The van der Waals surface area contributed by atoms with E-state index >= 15 is 0 Å². The van der Waals surface area contributed by atoms with Crippen LogP contribution in [-0.4, -0.2) is 54.7 Å². The first-order valence-corrected chi connectivity index (χ1v) is 12.1. The summed E-state index contributed by atoms with van der Waals surface area (Å²) in [5.41, 5.74) is -4.17. The standard InChI is InChI=1S/C26H27ClF3N3O4/c1-3-37-21(34)16-24(20(17-31)19-10-7-13-32-22(19)27)11-14-33(15-12-24)23(35)25(36-2,26(28,29)30)18-8-5-4-6-9-18/h4-10,13,20H,3,11-12,14-16H2,1-2H3/t20?,25-/m1/s1. The molecule has 1 unspecified atom stereocenters. The van der Waals surface area contributed by atoms with Gasteiger partial charge >= 0.3 is 12.1 Å². The highest BCUT2D eigenvalue weighted by molar-refractivity contribution is 6.30. The zero-order chi connectivity index (χ0) is 27.3. The van der Waals surface area contributed by atoms with Gasteiger partial charge in [-0.05, 0) is 25.8 Å². The van der Waals surface area contributed by atoms with Crippen molar-refractivity contribution >= 4 is 23.5 Å². The number of alkyl halides is 3. The molecule has 1 aliphatic rings. The third-order valence-corrected chi connectivity index (χ3v) is 7.19. The molecule has 1 fully saturated rings. The number of ether oxygens (including phenoxy) is 2. The van der Waals surface area contributed by atoms with Crippen LogP contribution >= 0.6 is 11.6 Å². The Balaban J connectivity index is 1.98. The zero-order valence-electron chi connectivity index (χ0n) is 20.4. The Kier molecular flexibility index (Phi) is 8.82. The van der Waals surface area contributed by atoms with Gasteiger partial charge in [-0.25, -0.2) is 4.98 Å². The molecule has 0 spiro atoms. The number of nitriles is 1. The van der Waals surface area contributed by atoms with E-state index in [1.54, 1.807) is 25.1 Å². The molecule has 11 heteroatoms. The van der Waals surface area contributed by atoms with Crippen LogP contribution < -0.4 is 0 Å². The zero-order valence-corrected chi connectivity index (χ0v) is 21.2. The summed E-state index contributed by atoms with van der Waals surface area (Å²) in [4.78, 5) is 31.2. The van der Waals surface area contributed by atoms with Gasteiger partial charge in [0.1, 0.15) is 5.15 Å². The smallest absolute Gasteiger partial charge is 0.430 e. The van der Waals surface area contributed by atoms with Crippen LogP contribution in [0.4, 0.5) is 13.2 Å². The van der Waals surface area contributed by atoms with Gasteiger partial charge in [0.05, 0.1) is 25.0 Å². The predicted octanol–water partition coefficient (Wildman–Crippen LogP) is 5.01. The first-order chi connectivity index (χ1) is 17.6. The lowest BCUT2D eigenvalue weighted by Crippen LogP contribution is -2.59. The van der Waals surface area contributed by atoms with Crippen molar-refractivity contribution in [2.45, 2.75) is 43.9 Å². The number of nitrogens with zero attached hydrogens (tertiary/aromatic N) is 3. The molecule has 3 rings (SSSR count). The number of carbonyl (C=O) groups is 2. The highest BCUT2D eigenvalue weighted by Crippen LogP contribution is 2.50. The third-order valence-electron chi connectivity index (χ3n) is 6.88. The fourth-order valence-electron chi connectivity index (χ4n) is 5.00. The first-order valence-electron chi connectivity index (χ1n) is 11.7. The number of likely N-dealkylation sites (tertiary alicyclic amines) is 1. The monoisotopic (exact) mass is 537 g/mol. The van der Waals surface area contributed by atoms with E-state index in [1.807, 2.05) is 0 Å². The maximum Gasteiger partial charge on any atom is 0.430 e. The molecule has 198 valence electrons. The fourth-order valence-corrected chi connectivity index (χ4v) is 5.23. The summed E-state index contributed by atoms with van der Waals surface area (Å²) in [6.45, 7) is 1.50. The number of rotatable bonds is 8. The van der Waals surface area contributed by atoms with Crippen LogP contribution in [0.1, 0.15) is 43.2 Å². The minimum Gasteiger partial charge on any atom is -0.466 e. The number of carbonyl (C=O) groups excluding carboxylic acids is 2. The Labute approximate surface area is 218 Å². The van der Waals surface area contributed by atoms with E-state index in [-0.39, 0.29) is 49.7 Å². The lowest BCUT2D eigenvalue weighted by molar-refractivity contribution is -0.271. The number of aromatic nitrogens is 1. The summed E-state index contributed by atoms with van der Waals surface area (Å²) in [5.74, 6) is -2.71. The topological polar surface area (TPSA) is 92.5 Å². The van der Waals surface area contributed by atoms with Crippen LogP contribution in [0.25, 0.3) is 0 Å². The maximum atomic E-state index is 14.4. The second kappa shape index (κ2) is 11.5. The van der Waals surface area contributed by atoms with Gasteiger partial charge in [-0.2, -0.15) is 18.4 Å². The summed E-state index contributed by atoms with van der Waals surface area (Å²) in [6, 6.07) is 12.2. The van der Waals surface area contributed by atoms with Crippen molar-refractivity contribution in [3.63, 3.8) is 0 Å². The van der Waals surface area contributed by atoms with Crippen LogP contribution in [0.2, 0.25) is 5.15 Å². The van der Waals surface area contributed by atoms with Crippen molar-refractivity contribution in [2.24, 2.45) is 5.41 Å². The van der Waals surface area contributed by atoms with Crippen molar-refractivity contribution in [3.05, 3.63) is 64.9 Å². The number of halogens is 4. The van der Waals surface area contributed by atoms with Crippen molar-refractivity contribution in [3.8, 4) is 6.07 Å². The molecule has 0 bridgehead atoms. The van der Waals surface area contributed by atoms with Crippen molar-refractivity contribution in [1.82, 2.24) is 9.88 Å². The molecule has 0 N–H and O–H groups in total. The van der Waals surface area contributed by atoms with Crippen LogP contribution in [-0.2, 0) is 24.7 Å². The Morgan fingerprint density at radius 2 is 1.84 bits per heavy atom. The van der Waals surface area contributed by atoms with Crippen molar-refractivity contribution < 1.29 is 32.2 Å². The molecule has 1 saturated heterocycles. The molecule has 1 aliphatic heterocycles. The molecule has 1 amide bonds. The quantitative estimate of drug-likeness (QED) is 0.347. The number of hydrogen-bond acceptors (Lipinski definition) is 6. The molecular weight excluding hydrogens is 511 g/mol. The molecule has 2 atom stereocenters. The van der Waals surface area contributed by atoms with Gasteiger partial charge in [0.15, 0.2) is 0 Å². The lowest BCUT2D eigenvalue weighted by atomic mass is 9.64. The molecule has 37 heavy (non-hydrogen) atoms. The first kappa shape index (κ1) is 28.4. The number of pyridine rings is 1. The van der Waals surface area contributed by atoms with Gasteiger partial charge in [-0.3, -0.25) is 9.59 Å². The number of esters is 1. The van der Waals surface area contributed by atoms with Gasteiger partial charge in [-0.1, -0.05) is 48.0 Å². The molecule has 2 heterocycles. The van der Waals surface area contributed by atoms with E-state index in [9.17, 15) is 28.0 Å². The SMILES string of the molecule is CCOC(=O)CC1(C(C#N)c2cccnc2Cl)CCN(C(=O)[C@](OC)(c2ccccc2)C(F)(F)F)CC1. The molecule has 1 aromatic carbocycles. The Hall–Kier alpha value is -3.16. The highest BCUT2D eigenvalue weighted by Gasteiger charge is 2.64. The summed E-state index contributed by atoms with van der Waals surface area (Å²) in [5, 5.41) is 10.2. The number of methoxy groups -OCH3 is 1. The normalized spacial score (nSPS) is 17.8. The van der Waals surface area contributed by atoms with E-state index in [0.29, 0.717) is 5.56 Å². The molecule has 0 radical (unpaired) electrons. The van der Waals surface area contributed by atoms with Crippen LogP contribution in [0.3, 0.4) is 0 Å². The number of benzene rings is 1. The van der Waals surface area contributed by atoms with Gasteiger partial charge in [0.2, 0.25) is 0 Å². The third kappa shape index (κ3) is 5.43. The highest BCUT2D eigenvalue weighted by atomic mass is 35.5. The average molecular weight is 538 g/mol. The summed E-state index contributed by atoms with van der Waals surface area (Å²) < 4.78 is 53.3. The maximum absolute atomic E-state index is 14.4. The van der Waals surface area contributed by atoms with E-state index in [1.165, 1.54) is 30.5 Å². The number of piperidine rings is 1. The molecule has 0 aliphatic carbocycles. The summed E-state index contributed by atoms with van der Waals surface area (Å²) in [6.07, 6.45) is -3.62. The van der Waals surface area contributed by atoms with E-state index in [2.05, 4.69) is 11.1 Å².